The first-order valence-electron chi connectivity index (χ1n) is 15.4. The third-order valence-electron chi connectivity index (χ3n) is 9.93. The highest BCUT2D eigenvalue weighted by molar-refractivity contribution is 5.76. The number of para-hydroxylation sites is 2. The topological polar surface area (TPSA) is 50.6 Å². The molecule has 3 aliphatic heterocycles. The van der Waals surface area contributed by atoms with Crippen LogP contribution < -0.4 is 0 Å². The second kappa shape index (κ2) is 10.5. The highest BCUT2D eigenvalue weighted by Crippen LogP contribution is 2.45. The van der Waals surface area contributed by atoms with Crippen LogP contribution in [0.5, 0.6) is 0 Å². The Kier molecular flexibility index (Phi) is 7.18. The molecule has 6 heteroatoms. The van der Waals surface area contributed by atoms with Gasteiger partial charge in [-0.05, 0) is 109 Å². The lowest BCUT2D eigenvalue weighted by Crippen LogP contribution is -2.50. The molecule has 2 aromatic carbocycles. The summed E-state index contributed by atoms with van der Waals surface area (Å²) in [6.07, 6.45) is 7.97. The summed E-state index contributed by atoms with van der Waals surface area (Å²) < 4.78 is 8.24. The van der Waals surface area contributed by atoms with Gasteiger partial charge in [0.2, 0.25) is 0 Å². The van der Waals surface area contributed by atoms with Gasteiger partial charge >= 0.3 is 6.09 Å². The zero-order chi connectivity index (χ0) is 28.1. The van der Waals surface area contributed by atoms with Gasteiger partial charge in [0.05, 0.1) is 11.0 Å². The summed E-state index contributed by atoms with van der Waals surface area (Å²) in [5.41, 5.74) is 4.88. The van der Waals surface area contributed by atoms with E-state index in [1.54, 1.807) is 0 Å². The first-order valence-corrected chi connectivity index (χ1v) is 15.4. The van der Waals surface area contributed by atoms with Crippen LogP contribution in [0.1, 0.15) is 88.7 Å². The number of hydrogen-bond donors (Lipinski definition) is 0. The quantitative estimate of drug-likeness (QED) is 0.343. The van der Waals surface area contributed by atoms with Gasteiger partial charge in [-0.1, -0.05) is 36.4 Å². The average Bonchev–Trinajstić information content (AvgIpc) is 3.37. The number of fused-ring (bicyclic) bond motifs is 3. The van der Waals surface area contributed by atoms with E-state index in [4.69, 9.17) is 9.72 Å². The number of hydrogen-bond acceptors (Lipinski definition) is 4. The molecule has 1 aromatic heterocycles. The van der Waals surface area contributed by atoms with Crippen LogP contribution in [0.4, 0.5) is 4.79 Å². The van der Waals surface area contributed by atoms with Crippen LogP contribution in [0.25, 0.3) is 11.0 Å². The van der Waals surface area contributed by atoms with Gasteiger partial charge in [-0.2, -0.15) is 0 Å². The summed E-state index contributed by atoms with van der Waals surface area (Å²) in [4.78, 5) is 22.5. The molecular weight excluding hydrogens is 496 g/mol. The van der Waals surface area contributed by atoms with E-state index in [9.17, 15) is 4.79 Å². The van der Waals surface area contributed by atoms with Crippen LogP contribution in [-0.2, 0) is 10.2 Å². The summed E-state index contributed by atoms with van der Waals surface area (Å²) in [6.45, 7) is 12.9. The number of nitrogens with zero attached hydrogens (tertiary/aromatic N) is 4. The highest BCUT2D eigenvalue weighted by Gasteiger charge is 2.44. The second-order valence-electron chi connectivity index (χ2n) is 13.6. The molecule has 0 spiro atoms. The Morgan fingerprint density at radius 1 is 0.950 bits per heavy atom. The van der Waals surface area contributed by atoms with Gasteiger partial charge in [-0.25, -0.2) is 9.78 Å². The largest absolute Gasteiger partial charge is 0.444 e. The van der Waals surface area contributed by atoms with Crippen molar-refractivity contribution in [1.29, 1.82) is 0 Å². The molecule has 0 radical (unpaired) electrons. The third-order valence-corrected chi connectivity index (χ3v) is 9.93. The second-order valence-corrected chi connectivity index (χ2v) is 13.6. The maximum atomic E-state index is 12.9. The predicted molar refractivity (Wildman–Crippen MR) is 161 cm³/mol. The summed E-state index contributed by atoms with van der Waals surface area (Å²) in [6, 6.07) is 19.4. The van der Waals surface area contributed by atoms with E-state index in [-0.39, 0.29) is 11.5 Å². The molecule has 214 valence electrons. The minimum absolute atomic E-state index is 0.0945. The molecule has 2 atom stereocenters. The number of piperidine rings is 2. The van der Waals surface area contributed by atoms with E-state index in [2.05, 4.69) is 71.8 Å². The SMILES string of the molecule is Cc1ccccc1C1(CCN2C3CCC2CC(n2c(C)nc4ccccc42)C3)CCN(C(=O)OC(C)(C)C)CC1. The fraction of sp³-hybridized carbons (Fsp3) is 0.588. The molecule has 2 bridgehead atoms. The average molecular weight is 543 g/mol. The number of aryl methyl sites for hydroxylation is 2. The van der Waals surface area contributed by atoms with E-state index in [0.29, 0.717) is 18.1 Å². The maximum Gasteiger partial charge on any atom is 0.410 e. The fourth-order valence-electron chi connectivity index (χ4n) is 8.06. The number of rotatable bonds is 5. The van der Waals surface area contributed by atoms with Crippen molar-refractivity contribution in [2.75, 3.05) is 19.6 Å². The van der Waals surface area contributed by atoms with E-state index < -0.39 is 5.60 Å². The standard InChI is InChI=1S/C34H46N4O2/c1-24-10-6-7-11-29(24)34(16-19-36(20-17-34)32(39)40-33(3,4)5)18-21-37-26-14-15-27(37)23-28(22-26)38-25(2)35-30-12-8-9-13-31(30)38/h6-13,26-28H,14-23H2,1-5H3. The maximum absolute atomic E-state index is 12.9. The molecule has 2 unspecified atom stereocenters. The molecule has 3 saturated heterocycles. The van der Waals surface area contributed by atoms with Crippen LogP contribution in [0.15, 0.2) is 48.5 Å². The van der Waals surface area contributed by atoms with E-state index in [1.165, 1.54) is 42.3 Å². The van der Waals surface area contributed by atoms with Crippen molar-refractivity contribution in [3.8, 4) is 0 Å². The lowest BCUT2D eigenvalue weighted by molar-refractivity contribution is 0.0143. The minimum atomic E-state index is -0.464. The molecule has 3 aliphatic rings. The van der Waals surface area contributed by atoms with Gasteiger partial charge in [0.25, 0.3) is 0 Å². The molecule has 6 nitrogen and oxygen atoms in total. The minimum Gasteiger partial charge on any atom is -0.444 e. The smallest absolute Gasteiger partial charge is 0.410 e. The third kappa shape index (κ3) is 5.15. The Hall–Kier alpha value is -2.86. The molecule has 3 fully saturated rings. The number of carbonyl (C=O) groups is 1. The highest BCUT2D eigenvalue weighted by atomic mass is 16.6. The lowest BCUT2D eigenvalue weighted by Gasteiger charge is -2.46. The van der Waals surface area contributed by atoms with E-state index >= 15 is 0 Å². The predicted octanol–water partition coefficient (Wildman–Crippen LogP) is 7.18. The molecule has 40 heavy (non-hydrogen) atoms. The van der Waals surface area contributed by atoms with Gasteiger partial charge in [-0.3, -0.25) is 4.90 Å². The van der Waals surface area contributed by atoms with Crippen molar-refractivity contribution >= 4 is 17.1 Å². The molecule has 0 saturated carbocycles. The zero-order valence-corrected chi connectivity index (χ0v) is 25.0. The van der Waals surface area contributed by atoms with Crippen LogP contribution >= 0.6 is 0 Å². The van der Waals surface area contributed by atoms with Crippen molar-refractivity contribution < 1.29 is 9.53 Å². The molecule has 0 N–H and O–H groups in total. The van der Waals surface area contributed by atoms with Crippen molar-refractivity contribution in [1.82, 2.24) is 19.4 Å². The van der Waals surface area contributed by atoms with Gasteiger partial charge in [0.1, 0.15) is 11.4 Å². The Labute approximate surface area is 239 Å². The molecule has 0 aliphatic carbocycles. The molecule has 6 rings (SSSR count). The first kappa shape index (κ1) is 27.3. The normalized spacial score (nSPS) is 24.9. The Balaban J connectivity index is 1.18. The number of carbonyl (C=O) groups excluding carboxylic acids is 1. The van der Waals surface area contributed by atoms with E-state index in [0.717, 1.165) is 50.2 Å². The van der Waals surface area contributed by atoms with Crippen molar-refractivity contribution in [3.05, 3.63) is 65.5 Å². The van der Waals surface area contributed by atoms with Crippen molar-refractivity contribution in [2.45, 2.75) is 109 Å². The zero-order valence-electron chi connectivity index (χ0n) is 25.0. The Morgan fingerprint density at radius 2 is 1.60 bits per heavy atom. The van der Waals surface area contributed by atoms with Crippen LogP contribution in [0.2, 0.25) is 0 Å². The van der Waals surface area contributed by atoms with Crippen LogP contribution in [0, 0.1) is 13.8 Å². The number of likely N-dealkylation sites (tertiary alicyclic amines) is 1. The number of aromatic nitrogens is 2. The number of benzene rings is 2. The van der Waals surface area contributed by atoms with Gasteiger partial charge in [0, 0.05) is 36.6 Å². The van der Waals surface area contributed by atoms with Crippen molar-refractivity contribution in [2.24, 2.45) is 0 Å². The summed E-state index contributed by atoms with van der Waals surface area (Å²) in [5, 5.41) is 0. The molecule has 4 heterocycles. The lowest BCUT2D eigenvalue weighted by atomic mass is 9.69. The summed E-state index contributed by atoms with van der Waals surface area (Å²) in [5.74, 6) is 1.15. The fourth-order valence-corrected chi connectivity index (χ4v) is 8.06. The number of amides is 1. The number of ether oxygens (including phenoxy) is 1. The van der Waals surface area contributed by atoms with Crippen LogP contribution in [-0.4, -0.2) is 62.8 Å². The summed E-state index contributed by atoms with van der Waals surface area (Å²) in [7, 11) is 0. The van der Waals surface area contributed by atoms with Gasteiger partial charge in [-0.15, -0.1) is 0 Å². The molecular formula is C34H46N4O2. The number of imidazole rings is 1. The molecule has 1 amide bonds. The summed E-state index contributed by atoms with van der Waals surface area (Å²) >= 11 is 0. The van der Waals surface area contributed by atoms with Crippen LogP contribution in [0.3, 0.4) is 0 Å². The van der Waals surface area contributed by atoms with E-state index in [1.807, 2.05) is 25.7 Å². The molecule has 3 aromatic rings. The monoisotopic (exact) mass is 542 g/mol. The Bertz CT molecular complexity index is 1350. The van der Waals surface area contributed by atoms with Gasteiger partial charge in [0.15, 0.2) is 0 Å². The Morgan fingerprint density at radius 3 is 2.27 bits per heavy atom. The first-order chi connectivity index (χ1) is 19.1. The van der Waals surface area contributed by atoms with Gasteiger partial charge < -0.3 is 14.2 Å². The van der Waals surface area contributed by atoms with Crippen molar-refractivity contribution in [3.63, 3.8) is 0 Å².